The van der Waals surface area contributed by atoms with Gasteiger partial charge in [0.2, 0.25) is 5.95 Å². The van der Waals surface area contributed by atoms with E-state index in [1.165, 1.54) is 9.13 Å². The number of para-hydroxylation sites is 1. The minimum absolute atomic E-state index is 0.273. The molecule has 0 spiro atoms. The zero-order valence-corrected chi connectivity index (χ0v) is 14.8. The number of nitrogens with zero attached hydrogens (tertiary/aromatic N) is 5. The quantitative estimate of drug-likeness (QED) is 0.752. The van der Waals surface area contributed by atoms with E-state index in [1.54, 1.807) is 11.6 Å². The van der Waals surface area contributed by atoms with E-state index in [0.29, 0.717) is 36.6 Å². The number of aryl methyl sites for hydroxylation is 1. The minimum Gasteiger partial charge on any atom is -0.389 e. The summed E-state index contributed by atoms with van der Waals surface area (Å²) >= 11 is 0. The molecule has 3 heterocycles. The summed E-state index contributed by atoms with van der Waals surface area (Å²) in [6.07, 6.45) is 0.0387. The highest BCUT2D eigenvalue weighted by atomic mass is 16.3. The lowest BCUT2D eigenvalue weighted by Crippen LogP contribution is -2.41. The lowest BCUT2D eigenvalue weighted by molar-refractivity contribution is 0.154. The van der Waals surface area contributed by atoms with Gasteiger partial charge in [-0.25, -0.2) is 4.79 Å². The lowest BCUT2D eigenvalue weighted by Gasteiger charge is -2.32. The first-order valence-electron chi connectivity index (χ1n) is 8.73. The molecule has 0 saturated heterocycles. The molecule has 1 unspecified atom stereocenters. The van der Waals surface area contributed by atoms with Crippen LogP contribution in [0, 0.1) is 0 Å². The van der Waals surface area contributed by atoms with Crippen LogP contribution >= 0.6 is 0 Å². The van der Waals surface area contributed by atoms with Crippen LogP contribution in [-0.2, 0) is 20.1 Å². The van der Waals surface area contributed by atoms with Crippen molar-refractivity contribution in [1.82, 2.24) is 18.7 Å². The Bertz CT molecular complexity index is 1080. The SMILES string of the molecule is CCCn1c(=O)c2c(nc3n2CC(O)CN3c2ccccc2)n(C)c1=O. The van der Waals surface area contributed by atoms with Crippen LogP contribution in [0.2, 0.25) is 0 Å². The van der Waals surface area contributed by atoms with Crippen molar-refractivity contribution in [2.24, 2.45) is 7.05 Å². The first-order valence-corrected chi connectivity index (χ1v) is 8.73. The predicted molar refractivity (Wildman–Crippen MR) is 99.0 cm³/mol. The van der Waals surface area contributed by atoms with Crippen LogP contribution in [0.15, 0.2) is 39.9 Å². The molecule has 4 rings (SSSR count). The van der Waals surface area contributed by atoms with Crippen molar-refractivity contribution >= 4 is 22.8 Å². The Morgan fingerprint density at radius 2 is 1.92 bits per heavy atom. The molecular formula is C18H21N5O3. The number of benzene rings is 1. The number of imidazole rings is 1. The van der Waals surface area contributed by atoms with Crippen molar-refractivity contribution in [3.8, 4) is 0 Å². The molecule has 0 aliphatic carbocycles. The highest BCUT2D eigenvalue weighted by Gasteiger charge is 2.30. The third-order valence-corrected chi connectivity index (χ3v) is 4.76. The fourth-order valence-corrected chi connectivity index (χ4v) is 3.55. The van der Waals surface area contributed by atoms with Gasteiger partial charge in [0.1, 0.15) is 0 Å². The molecule has 3 aromatic rings. The summed E-state index contributed by atoms with van der Waals surface area (Å²) in [7, 11) is 1.62. The van der Waals surface area contributed by atoms with Gasteiger partial charge in [0.25, 0.3) is 5.56 Å². The number of hydrogen-bond donors (Lipinski definition) is 1. The van der Waals surface area contributed by atoms with E-state index in [4.69, 9.17) is 0 Å². The van der Waals surface area contributed by atoms with Gasteiger partial charge in [-0.3, -0.25) is 13.9 Å². The van der Waals surface area contributed by atoms with Crippen LogP contribution in [-0.4, -0.2) is 36.4 Å². The van der Waals surface area contributed by atoms with E-state index in [9.17, 15) is 14.7 Å². The molecular weight excluding hydrogens is 334 g/mol. The van der Waals surface area contributed by atoms with E-state index >= 15 is 0 Å². The molecule has 26 heavy (non-hydrogen) atoms. The van der Waals surface area contributed by atoms with Crippen molar-refractivity contribution in [2.45, 2.75) is 32.5 Å². The first kappa shape index (κ1) is 16.6. The van der Waals surface area contributed by atoms with Crippen LogP contribution in [0.3, 0.4) is 0 Å². The summed E-state index contributed by atoms with van der Waals surface area (Å²) in [6, 6.07) is 9.59. The third-order valence-electron chi connectivity index (χ3n) is 4.76. The molecule has 1 aliphatic heterocycles. The van der Waals surface area contributed by atoms with Gasteiger partial charge in [0.15, 0.2) is 11.2 Å². The van der Waals surface area contributed by atoms with Gasteiger partial charge in [0, 0.05) is 19.3 Å². The minimum atomic E-state index is -0.642. The van der Waals surface area contributed by atoms with E-state index in [2.05, 4.69) is 4.98 Å². The fourth-order valence-electron chi connectivity index (χ4n) is 3.55. The fraction of sp³-hybridized carbons (Fsp3) is 0.389. The van der Waals surface area contributed by atoms with E-state index in [0.717, 1.165) is 5.69 Å². The summed E-state index contributed by atoms with van der Waals surface area (Å²) in [5, 5.41) is 10.4. The van der Waals surface area contributed by atoms with Crippen molar-refractivity contribution in [1.29, 1.82) is 0 Å². The summed E-state index contributed by atoms with van der Waals surface area (Å²) < 4.78 is 4.38. The average Bonchev–Trinajstić information content (AvgIpc) is 3.03. The van der Waals surface area contributed by atoms with Crippen LogP contribution < -0.4 is 16.1 Å². The molecule has 0 radical (unpaired) electrons. The van der Waals surface area contributed by atoms with Crippen LogP contribution in [0.25, 0.3) is 11.2 Å². The number of β-amino-alcohol motifs (C(OH)–C–C–N with tert-alkyl or cyclic N) is 1. The molecule has 0 amide bonds. The summed E-state index contributed by atoms with van der Waals surface area (Å²) in [5.41, 5.74) is 0.853. The van der Waals surface area contributed by atoms with Crippen molar-refractivity contribution < 1.29 is 5.11 Å². The Labute approximate surface area is 149 Å². The van der Waals surface area contributed by atoms with Gasteiger partial charge < -0.3 is 14.6 Å². The molecule has 8 nitrogen and oxygen atoms in total. The molecule has 1 aliphatic rings. The summed E-state index contributed by atoms with van der Waals surface area (Å²) in [5.74, 6) is 0.567. The number of aromatic nitrogens is 4. The topological polar surface area (TPSA) is 85.3 Å². The Balaban J connectivity index is 2.03. The third kappa shape index (κ3) is 2.37. The largest absolute Gasteiger partial charge is 0.389 e. The van der Waals surface area contributed by atoms with Gasteiger partial charge >= 0.3 is 5.69 Å². The maximum Gasteiger partial charge on any atom is 0.332 e. The number of aliphatic hydroxyl groups excluding tert-OH is 1. The van der Waals surface area contributed by atoms with E-state index < -0.39 is 6.10 Å². The zero-order chi connectivity index (χ0) is 18.4. The van der Waals surface area contributed by atoms with Gasteiger partial charge in [-0.05, 0) is 18.6 Å². The van der Waals surface area contributed by atoms with Gasteiger partial charge in [-0.1, -0.05) is 25.1 Å². The van der Waals surface area contributed by atoms with Crippen LogP contribution in [0.1, 0.15) is 13.3 Å². The summed E-state index contributed by atoms with van der Waals surface area (Å²) in [6.45, 7) is 2.93. The Morgan fingerprint density at radius 3 is 2.62 bits per heavy atom. The zero-order valence-electron chi connectivity index (χ0n) is 14.8. The standard InChI is InChI=1S/C18H21N5O3/c1-3-9-21-16(25)14-15(20(2)18(21)26)19-17-22(10-13(24)11-23(14)17)12-7-5-4-6-8-12/h4-8,13,24H,3,9-11H2,1-2H3. The second kappa shape index (κ2) is 6.14. The normalized spacial score (nSPS) is 16.9. The van der Waals surface area contributed by atoms with E-state index in [-0.39, 0.29) is 17.8 Å². The predicted octanol–water partition coefficient (Wildman–Crippen LogP) is 0.819. The number of rotatable bonds is 3. The van der Waals surface area contributed by atoms with Gasteiger partial charge in [0.05, 0.1) is 19.2 Å². The van der Waals surface area contributed by atoms with Crippen molar-refractivity contribution in [2.75, 3.05) is 11.4 Å². The Hall–Kier alpha value is -2.87. The smallest absolute Gasteiger partial charge is 0.332 e. The van der Waals surface area contributed by atoms with Crippen LogP contribution in [0.4, 0.5) is 11.6 Å². The maximum absolute atomic E-state index is 13.0. The first-order chi connectivity index (χ1) is 12.5. The molecule has 1 N–H and O–H groups in total. The Morgan fingerprint density at radius 1 is 1.19 bits per heavy atom. The monoisotopic (exact) mass is 355 g/mol. The highest BCUT2D eigenvalue weighted by Crippen LogP contribution is 2.30. The highest BCUT2D eigenvalue weighted by molar-refractivity contribution is 5.77. The maximum atomic E-state index is 13.0. The molecule has 0 fully saturated rings. The van der Waals surface area contributed by atoms with Gasteiger partial charge in [-0.2, -0.15) is 4.98 Å². The second-order valence-corrected chi connectivity index (χ2v) is 6.59. The van der Waals surface area contributed by atoms with E-state index in [1.807, 2.05) is 42.2 Å². The number of fused-ring (bicyclic) bond motifs is 3. The van der Waals surface area contributed by atoms with Gasteiger partial charge in [-0.15, -0.1) is 0 Å². The molecule has 1 aromatic carbocycles. The molecule has 1 atom stereocenters. The lowest BCUT2D eigenvalue weighted by atomic mass is 10.2. The summed E-state index contributed by atoms with van der Waals surface area (Å²) in [4.78, 5) is 32.0. The molecule has 0 saturated carbocycles. The average molecular weight is 355 g/mol. The molecule has 8 heteroatoms. The number of hydrogen-bond acceptors (Lipinski definition) is 5. The second-order valence-electron chi connectivity index (χ2n) is 6.59. The van der Waals surface area contributed by atoms with Crippen molar-refractivity contribution in [3.63, 3.8) is 0 Å². The molecule has 2 aromatic heterocycles. The van der Waals surface area contributed by atoms with Crippen molar-refractivity contribution in [3.05, 3.63) is 51.2 Å². The number of anilines is 2. The van der Waals surface area contributed by atoms with Crippen LogP contribution in [0.5, 0.6) is 0 Å². The Kier molecular flexibility index (Phi) is 3.91. The molecule has 0 bridgehead atoms. The number of aliphatic hydroxyl groups is 1. The molecule has 136 valence electrons.